The maximum atomic E-state index is 12.3. The number of benzene rings is 2. The predicted molar refractivity (Wildman–Crippen MR) is 86.4 cm³/mol. The third-order valence-electron chi connectivity index (χ3n) is 3.82. The van der Waals surface area contributed by atoms with Crippen molar-refractivity contribution in [2.24, 2.45) is 0 Å². The van der Waals surface area contributed by atoms with Gasteiger partial charge in [-0.15, -0.1) is 0 Å². The summed E-state index contributed by atoms with van der Waals surface area (Å²) < 4.78 is 5.76. The first-order chi connectivity index (χ1) is 9.88. The highest BCUT2D eigenvalue weighted by molar-refractivity contribution is 5.98. The van der Waals surface area contributed by atoms with E-state index in [-0.39, 0.29) is 12.4 Å². The van der Waals surface area contributed by atoms with Crippen molar-refractivity contribution >= 4 is 5.78 Å². The molecule has 0 heterocycles. The standard InChI is InChI=1S/C19H22O2/c1-12-6-7-14(3)17(9-12)18(20)11-21-19-10-13(2)8-15(4)16(19)5/h6-10H,11H2,1-5H3. The van der Waals surface area contributed by atoms with Gasteiger partial charge in [-0.3, -0.25) is 4.79 Å². The van der Waals surface area contributed by atoms with Gasteiger partial charge in [0.1, 0.15) is 5.75 Å². The summed E-state index contributed by atoms with van der Waals surface area (Å²) in [7, 11) is 0. The molecule has 0 bridgehead atoms. The van der Waals surface area contributed by atoms with Crippen LogP contribution in [0.1, 0.15) is 38.2 Å². The van der Waals surface area contributed by atoms with Crippen molar-refractivity contribution in [1.82, 2.24) is 0 Å². The molecule has 2 nitrogen and oxygen atoms in total. The first-order valence-electron chi connectivity index (χ1n) is 7.19. The van der Waals surface area contributed by atoms with Crippen LogP contribution in [-0.2, 0) is 0 Å². The maximum absolute atomic E-state index is 12.3. The number of ketones is 1. The Morgan fingerprint density at radius 2 is 1.62 bits per heavy atom. The van der Waals surface area contributed by atoms with E-state index in [1.54, 1.807) is 0 Å². The summed E-state index contributed by atoms with van der Waals surface area (Å²) >= 11 is 0. The van der Waals surface area contributed by atoms with Gasteiger partial charge in [-0.1, -0.05) is 23.8 Å². The summed E-state index contributed by atoms with van der Waals surface area (Å²) in [4.78, 5) is 12.3. The zero-order chi connectivity index (χ0) is 15.6. The van der Waals surface area contributed by atoms with Crippen molar-refractivity contribution in [3.8, 4) is 5.75 Å². The van der Waals surface area contributed by atoms with Crippen molar-refractivity contribution in [3.05, 3.63) is 63.7 Å². The van der Waals surface area contributed by atoms with Crippen LogP contribution in [0.5, 0.6) is 5.75 Å². The van der Waals surface area contributed by atoms with E-state index in [2.05, 4.69) is 13.0 Å². The van der Waals surface area contributed by atoms with E-state index < -0.39 is 0 Å². The molecule has 0 spiro atoms. The van der Waals surface area contributed by atoms with Gasteiger partial charge in [-0.05, 0) is 69.0 Å². The molecule has 0 aromatic heterocycles. The molecule has 0 aliphatic heterocycles. The largest absolute Gasteiger partial charge is 0.485 e. The number of aryl methyl sites for hydroxylation is 4. The monoisotopic (exact) mass is 282 g/mol. The van der Waals surface area contributed by atoms with Crippen LogP contribution in [0.3, 0.4) is 0 Å². The molecule has 0 unspecified atom stereocenters. The van der Waals surface area contributed by atoms with E-state index in [9.17, 15) is 4.79 Å². The Kier molecular flexibility index (Phi) is 4.46. The molecule has 0 atom stereocenters. The third kappa shape index (κ3) is 3.52. The average molecular weight is 282 g/mol. The quantitative estimate of drug-likeness (QED) is 0.772. The lowest BCUT2D eigenvalue weighted by atomic mass is 10.0. The van der Waals surface area contributed by atoms with Crippen LogP contribution in [0.15, 0.2) is 30.3 Å². The molecule has 0 amide bonds. The topological polar surface area (TPSA) is 26.3 Å². The number of ether oxygens (including phenoxy) is 1. The van der Waals surface area contributed by atoms with Gasteiger partial charge in [0.2, 0.25) is 0 Å². The van der Waals surface area contributed by atoms with Crippen LogP contribution in [0.4, 0.5) is 0 Å². The molecule has 2 aromatic rings. The summed E-state index contributed by atoms with van der Waals surface area (Å²) in [5, 5.41) is 0. The summed E-state index contributed by atoms with van der Waals surface area (Å²) in [6.45, 7) is 10.1. The van der Waals surface area contributed by atoms with Crippen molar-refractivity contribution in [3.63, 3.8) is 0 Å². The van der Waals surface area contributed by atoms with E-state index in [1.807, 2.05) is 52.0 Å². The van der Waals surface area contributed by atoms with Gasteiger partial charge < -0.3 is 4.74 Å². The molecular weight excluding hydrogens is 260 g/mol. The van der Waals surface area contributed by atoms with Crippen LogP contribution in [0.25, 0.3) is 0 Å². The van der Waals surface area contributed by atoms with Gasteiger partial charge >= 0.3 is 0 Å². The number of carbonyl (C=O) groups excluding carboxylic acids is 1. The van der Waals surface area contributed by atoms with Gasteiger partial charge in [0.15, 0.2) is 12.4 Å². The van der Waals surface area contributed by atoms with Crippen LogP contribution in [0, 0.1) is 34.6 Å². The molecule has 110 valence electrons. The van der Waals surface area contributed by atoms with Crippen LogP contribution >= 0.6 is 0 Å². The fourth-order valence-corrected chi connectivity index (χ4v) is 2.41. The predicted octanol–water partition coefficient (Wildman–Crippen LogP) is 4.49. The number of carbonyl (C=O) groups is 1. The Morgan fingerprint density at radius 1 is 0.905 bits per heavy atom. The van der Waals surface area contributed by atoms with Crippen molar-refractivity contribution in [2.45, 2.75) is 34.6 Å². The Morgan fingerprint density at radius 3 is 2.33 bits per heavy atom. The molecule has 0 radical (unpaired) electrons. The SMILES string of the molecule is Cc1cc(C)c(C)c(OCC(=O)c2cc(C)ccc2C)c1. The highest BCUT2D eigenvalue weighted by Gasteiger charge is 2.12. The lowest BCUT2D eigenvalue weighted by Crippen LogP contribution is -2.14. The summed E-state index contributed by atoms with van der Waals surface area (Å²) in [6, 6.07) is 10.0. The molecule has 0 aliphatic carbocycles. The van der Waals surface area contributed by atoms with Crippen LogP contribution in [0.2, 0.25) is 0 Å². The van der Waals surface area contributed by atoms with Crippen LogP contribution in [-0.4, -0.2) is 12.4 Å². The molecule has 2 rings (SSSR count). The minimum absolute atomic E-state index is 0.0229. The third-order valence-corrected chi connectivity index (χ3v) is 3.82. The Bertz CT molecular complexity index is 684. The smallest absolute Gasteiger partial charge is 0.200 e. The van der Waals surface area contributed by atoms with Crippen molar-refractivity contribution in [1.29, 1.82) is 0 Å². The molecule has 0 N–H and O–H groups in total. The fourth-order valence-electron chi connectivity index (χ4n) is 2.41. The molecule has 0 fully saturated rings. The highest BCUT2D eigenvalue weighted by atomic mass is 16.5. The van der Waals surface area contributed by atoms with Gasteiger partial charge in [-0.2, -0.15) is 0 Å². The zero-order valence-corrected chi connectivity index (χ0v) is 13.4. The number of hydrogen-bond donors (Lipinski definition) is 0. The maximum Gasteiger partial charge on any atom is 0.200 e. The molecule has 0 saturated carbocycles. The van der Waals surface area contributed by atoms with Gasteiger partial charge in [0, 0.05) is 5.56 Å². The zero-order valence-electron chi connectivity index (χ0n) is 13.4. The molecular formula is C19H22O2. The number of Topliss-reactive ketones (excluding diaryl/α,β-unsaturated/α-hetero) is 1. The Labute approximate surface area is 126 Å². The minimum atomic E-state index is 0.0229. The molecule has 0 aliphatic rings. The lowest BCUT2D eigenvalue weighted by molar-refractivity contribution is 0.0920. The summed E-state index contributed by atoms with van der Waals surface area (Å²) in [5.74, 6) is 0.820. The first kappa shape index (κ1) is 15.3. The summed E-state index contributed by atoms with van der Waals surface area (Å²) in [6.07, 6.45) is 0. The Hall–Kier alpha value is -2.09. The van der Waals surface area contributed by atoms with Gasteiger partial charge in [0.05, 0.1) is 0 Å². The van der Waals surface area contributed by atoms with Crippen molar-refractivity contribution < 1.29 is 9.53 Å². The second kappa shape index (κ2) is 6.13. The second-order valence-electron chi connectivity index (χ2n) is 5.74. The molecule has 21 heavy (non-hydrogen) atoms. The first-order valence-corrected chi connectivity index (χ1v) is 7.19. The Balaban J connectivity index is 2.17. The van der Waals surface area contributed by atoms with E-state index >= 15 is 0 Å². The molecule has 0 saturated heterocycles. The van der Waals surface area contributed by atoms with Crippen molar-refractivity contribution in [2.75, 3.05) is 6.61 Å². The number of rotatable bonds is 4. The van der Waals surface area contributed by atoms with Gasteiger partial charge in [0.25, 0.3) is 0 Å². The van der Waals surface area contributed by atoms with Gasteiger partial charge in [-0.25, -0.2) is 0 Å². The molecule has 2 aromatic carbocycles. The normalized spacial score (nSPS) is 10.5. The highest BCUT2D eigenvalue weighted by Crippen LogP contribution is 2.23. The molecule has 2 heteroatoms. The second-order valence-corrected chi connectivity index (χ2v) is 5.74. The number of hydrogen-bond acceptors (Lipinski definition) is 2. The van der Waals surface area contributed by atoms with E-state index in [1.165, 1.54) is 5.56 Å². The van der Waals surface area contributed by atoms with E-state index in [0.29, 0.717) is 0 Å². The summed E-state index contributed by atoms with van der Waals surface area (Å²) in [5.41, 5.74) is 6.25. The lowest BCUT2D eigenvalue weighted by Gasteiger charge is -2.13. The average Bonchev–Trinajstić information content (AvgIpc) is 2.43. The minimum Gasteiger partial charge on any atom is -0.485 e. The fraction of sp³-hybridized carbons (Fsp3) is 0.316. The van der Waals surface area contributed by atoms with Crippen LogP contribution < -0.4 is 4.74 Å². The van der Waals surface area contributed by atoms with E-state index in [0.717, 1.165) is 33.6 Å². The van der Waals surface area contributed by atoms with E-state index in [4.69, 9.17) is 4.74 Å².